The lowest BCUT2D eigenvalue weighted by atomic mass is 10.0. The van der Waals surface area contributed by atoms with Gasteiger partial charge in [-0.3, -0.25) is 4.79 Å². The minimum atomic E-state index is -0.0941. The van der Waals surface area contributed by atoms with Crippen molar-refractivity contribution in [3.8, 4) is 0 Å². The maximum atomic E-state index is 12.4. The van der Waals surface area contributed by atoms with Crippen molar-refractivity contribution in [2.45, 2.75) is 19.3 Å². The van der Waals surface area contributed by atoms with Gasteiger partial charge in [0.05, 0.1) is 4.70 Å². The summed E-state index contributed by atoms with van der Waals surface area (Å²) in [6.45, 7) is 3.04. The van der Waals surface area contributed by atoms with E-state index in [2.05, 4.69) is 15.0 Å². The Balaban J connectivity index is 1.53. The zero-order chi connectivity index (χ0) is 16.0. The van der Waals surface area contributed by atoms with Gasteiger partial charge in [0.1, 0.15) is 6.26 Å². The van der Waals surface area contributed by atoms with Crippen LogP contribution in [-0.4, -0.2) is 38.8 Å². The van der Waals surface area contributed by atoms with Gasteiger partial charge in [0.25, 0.3) is 5.91 Å². The van der Waals surface area contributed by atoms with Gasteiger partial charge >= 0.3 is 0 Å². The van der Waals surface area contributed by atoms with Crippen molar-refractivity contribution in [1.29, 1.82) is 0 Å². The Hall–Kier alpha value is -2.48. The molecule has 2 N–H and O–H groups in total. The lowest BCUT2D eigenvalue weighted by molar-refractivity contribution is 0.0785. The van der Waals surface area contributed by atoms with Gasteiger partial charge in [-0.25, -0.2) is 15.0 Å². The zero-order valence-electron chi connectivity index (χ0n) is 12.5. The number of anilines is 1. The number of nitrogen functional groups attached to an aromatic ring is 1. The topological polar surface area (TPSA) is 98.1 Å². The van der Waals surface area contributed by atoms with Crippen LogP contribution in [0.1, 0.15) is 34.4 Å². The summed E-state index contributed by atoms with van der Waals surface area (Å²) >= 11 is 1.43. The molecule has 3 aromatic rings. The Morgan fingerprint density at radius 2 is 2.26 bits per heavy atom. The molecule has 118 valence electrons. The van der Waals surface area contributed by atoms with Crippen molar-refractivity contribution in [3.05, 3.63) is 35.7 Å². The van der Waals surface area contributed by atoms with Crippen molar-refractivity contribution < 1.29 is 9.21 Å². The van der Waals surface area contributed by atoms with Gasteiger partial charge in [0.2, 0.25) is 0 Å². The summed E-state index contributed by atoms with van der Waals surface area (Å²) in [5.41, 5.74) is 7.72. The Labute approximate surface area is 136 Å². The number of rotatable bonds is 2. The van der Waals surface area contributed by atoms with Gasteiger partial charge in [-0.15, -0.1) is 0 Å². The van der Waals surface area contributed by atoms with E-state index < -0.39 is 0 Å². The second kappa shape index (κ2) is 5.31. The molecule has 0 radical (unpaired) electrons. The van der Waals surface area contributed by atoms with Crippen LogP contribution in [0, 0.1) is 6.92 Å². The smallest absolute Gasteiger partial charge is 0.275 e. The number of fused-ring (bicyclic) bond motifs is 1. The maximum Gasteiger partial charge on any atom is 0.275 e. The molecular weight excluding hydrogens is 314 g/mol. The first kappa shape index (κ1) is 14.1. The number of carbonyl (C=O) groups is 1. The van der Waals surface area contributed by atoms with Crippen molar-refractivity contribution in [2.75, 3.05) is 18.8 Å². The predicted octanol–water partition coefficient (Wildman–Crippen LogP) is 2.20. The number of aryl methyl sites for hydroxylation is 1. The van der Waals surface area contributed by atoms with Crippen LogP contribution in [0.4, 0.5) is 5.13 Å². The summed E-state index contributed by atoms with van der Waals surface area (Å²) in [4.78, 5) is 27.1. The number of pyridine rings is 1. The summed E-state index contributed by atoms with van der Waals surface area (Å²) in [6.07, 6.45) is 2.29. The third-order valence-electron chi connectivity index (χ3n) is 4.02. The highest BCUT2D eigenvalue weighted by molar-refractivity contribution is 7.21. The van der Waals surface area contributed by atoms with E-state index in [1.54, 1.807) is 11.8 Å². The number of thiazole rings is 1. The van der Waals surface area contributed by atoms with Crippen LogP contribution in [0.5, 0.6) is 0 Å². The van der Waals surface area contributed by atoms with E-state index in [1.807, 2.05) is 12.1 Å². The van der Waals surface area contributed by atoms with E-state index in [-0.39, 0.29) is 11.8 Å². The standard InChI is InChI=1S/C15H15N5O2S/c1-8-17-11(7-22-8)14(21)20-5-4-9(6-20)10-2-3-12-13(18-10)19-15(16)23-12/h2-3,7,9H,4-6H2,1H3,(H2,16,18,19)/t9-/m0/s1. The number of likely N-dealkylation sites (tertiary alicyclic amines) is 1. The third-order valence-corrected chi connectivity index (χ3v) is 4.86. The Bertz CT molecular complexity index is 887. The number of nitrogens with zero attached hydrogens (tertiary/aromatic N) is 4. The average Bonchev–Trinajstić information content (AvgIpc) is 3.23. The largest absolute Gasteiger partial charge is 0.448 e. The number of amides is 1. The average molecular weight is 329 g/mol. The number of hydrogen-bond donors (Lipinski definition) is 1. The molecule has 1 aliphatic heterocycles. The molecule has 0 unspecified atom stereocenters. The molecule has 1 aliphatic rings. The van der Waals surface area contributed by atoms with Crippen LogP contribution in [0.15, 0.2) is 22.8 Å². The lowest BCUT2D eigenvalue weighted by Gasteiger charge is -2.14. The fraction of sp³-hybridized carbons (Fsp3) is 0.333. The summed E-state index contributed by atoms with van der Waals surface area (Å²) in [5.74, 6) is 0.611. The fourth-order valence-electron chi connectivity index (χ4n) is 2.89. The predicted molar refractivity (Wildman–Crippen MR) is 86.3 cm³/mol. The second-order valence-electron chi connectivity index (χ2n) is 5.60. The van der Waals surface area contributed by atoms with Crippen molar-refractivity contribution in [3.63, 3.8) is 0 Å². The van der Waals surface area contributed by atoms with Gasteiger partial charge in [-0.05, 0) is 18.6 Å². The highest BCUT2D eigenvalue weighted by atomic mass is 32.1. The summed E-state index contributed by atoms with van der Waals surface area (Å²) < 4.78 is 6.10. The fourth-order valence-corrected chi connectivity index (χ4v) is 3.56. The minimum absolute atomic E-state index is 0.0941. The molecule has 0 spiro atoms. The molecule has 1 atom stereocenters. The molecular formula is C15H15N5O2S. The van der Waals surface area contributed by atoms with Crippen LogP contribution in [0.25, 0.3) is 10.3 Å². The molecule has 1 amide bonds. The SMILES string of the molecule is Cc1nc(C(=O)N2CC[C@H](c3ccc4sc(N)nc4n3)C2)co1. The molecule has 0 bridgehead atoms. The van der Waals surface area contributed by atoms with Gasteiger partial charge in [0.15, 0.2) is 22.4 Å². The Morgan fingerprint density at radius 3 is 3.04 bits per heavy atom. The van der Waals surface area contributed by atoms with E-state index in [1.165, 1.54) is 17.6 Å². The third kappa shape index (κ3) is 2.55. The number of hydrogen-bond acceptors (Lipinski definition) is 7. The quantitative estimate of drug-likeness (QED) is 0.774. The second-order valence-corrected chi connectivity index (χ2v) is 6.66. The lowest BCUT2D eigenvalue weighted by Crippen LogP contribution is -2.28. The molecule has 7 nitrogen and oxygen atoms in total. The molecule has 1 saturated heterocycles. The van der Waals surface area contributed by atoms with Crippen molar-refractivity contribution in [1.82, 2.24) is 19.9 Å². The highest BCUT2D eigenvalue weighted by Gasteiger charge is 2.30. The molecule has 8 heteroatoms. The molecule has 0 saturated carbocycles. The van der Waals surface area contributed by atoms with E-state index >= 15 is 0 Å². The van der Waals surface area contributed by atoms with Crippen LogP contribution in [-0.2, 0) is 0 Å². The van der Waals surface area contributed by atoms with Crippen LogP contribution in [0.2, 0.25) is 0 Å². The van der Waals surface area contributed by atoms with Crippen LogP contribution >= 0.6 is 11.3 Å². The molecule has 0 aromatic carbocycles. The summed E-state index contributed by atoms with van der Waals surface area (Å²) in [6, 6.07) is 4.00. The van der Waals surface area contributed by atoms with Gasteiger partial charge in [-0.2, -0.15) is 0 Å². The summed E-state index contributed by atoms with van der Waals surface area (Å²) in [7, 11) is 0. The maximum absolute atomic E-state index is 12.4. The Morgan fingerprint density at radius 1 is 1.39 bits per heavy atom. The van der Waals surface area contributed by atoms with Crippen molar-refractivity contribution >= 4 is 32.7 Å². The number of nitrogens with two attached hydrogens (primary N) is 1. The van der Waals surface area contributed by atoms with Gasteiger partial charge in [-0.1, -0.05) is 11.3 Å². The highest BCUT2D eigenvalue weighted by Crippen LogP contribution is 2.30. The van der Waals surface area contributed by atoms with E-state index in [4.69, 9.17) is 10.2 Å². The first-order chi connectivity index (χ1) is 11.1. The summed E-state index contributed by atoms with van der Waals surface area (Å²) in [5, 5.41) is 0.522. The van der Waals surface area contributed by atoms with Crippen LogP contribution < -0.4 is 5.73 Å². The van der Waals surface area contributed by atoms with E-state index in [9.17, 15) is 4.79 Å². The molecule has 4 rings (SSSR count). The number of aromatic nitrogens is 3. The molecule has 4 heterocycles. The van der Waals surface area contributed by atoms with Gasteiger partial charge < -0.3 is 15.1 Å². The zero-order valence-corrected chi connectivity index (χ0v) is 13.3. The molecule has 1 fully saturated rings. The van der Waals surface area contributed by atoms with E-state index in [0.717, 1.165) is 16.8 Å². The molecule has 0 aliphatic carbocycles. The van der Waals surface area contributed by atoms with Crippen LogP contribution in [0.3, 0.4) is 0 Å². The number of carbonyl (C=O) groups excluding carboxylic acids is 1. The van der Waals surface area contributed by atoms with E-state index in [0.29, 0.717) is 35.5 Å². The van der Waals surface area contributed by atoms with Gasteiger partial charge in [0, 0.05) is 31.6 Å². The first-order valence-electron chi connectivity index (χ1n) is 7.34. The van der Waals surface area contributed by atoms with Crippen molar-refractivity contribution in [2.24, 2.45) is 0 Å². The number of oxazole rings is 1. The monoisotopic (exact) mass is 329 g/mol. The molecule has 23 heavy (non-hydrogen) atoms. The first-order valence-corrected chi connectivity index (χ1v) is 8.16. The normalized spacial score (nSPS) is 18.0. The Kier molecular flexibility index (Phi) is 3.26. The molecule has 3 aromatic heterocycles. The minimum Gasteiger partial charge on any atom is -0.448 e.